The van der Waals surface area contributed by atoms with Crippen LogP contribution in [0, 0.1) is 0 Å². The van der Waals surface area contributed by atoms with Gasteiger partial charge in [-0.2, -0.15) is 0 Å². The molecule has 1 aliphatic rings. The Morgan fingerprint density at radius 1 is 0.885 bits per heavy atom. The summed E-state index contributed by atoms with van der Waals surface area (Å²) in [6.45, 7) is 9.49. The second kappa shape index (κ2) is 16.2. The van der Waals surface area contributed by atoms with Crippen molar-refractivity contribution in [3.05, 3.63) is 12.3 Å². The summed E-state index contributed by atoms with van der Waals surface area (Å²) in [6, 6.07) is 0. The van der Waals surface area contributed by atoms with E-state index in [1.54, 1.807) is 13.3 Å². The van der Waals surface area contributed by atoms with E-state index in [9.17, 15) is 0 Å². The molecule has 1 rings (SSSR count). The first-order chi connectivity index (χ1) is 12.8. The predicted octanol–water partition coefficient (Wildman–Crippen LogP) is 6.91. The van der Waals surface area contributed by atoms with Gasteiger partial charge in [-0.15, -0.1) is 0 Å². The van der Waals surface area contributed by atoms with Crippen molar-refractivity contribution < 1.29 is 14.2 Å². The van der Waals surface area contributed by atoms with E-state index in [1.165, 1.54) is 43.0 Å². The fourth-order valence-corrected chi connectivity index (χ4v) is 18.8. The maximum atomic E-state index is 5.78. The average molecular weight is 475 g/mol. The molecule has 0 radical (unpaired) electrons. The molecule has 0 amide bonds. The molecule has 4 heteroatoms. The van der Waals surface area contributed by atoms with E-state index in [4.69, 9.17) is 14.2 Å². The molecule has 0 aromatic carbocycles. The summed E-state index contributed by atoms with van der Waals surface area (Å²) in [5.41, 5.74) is 0. The Balaban J connectivity index is 2.32. The molecule has 0 bridgehead atoms. The van der Waals surface area contributed by atoms with Crippen LogP contribution < -0.4 is 0 Å². The third-order valence-corrected chi connectivity index (χ3v) is 20.8. The molecule has 0 N–H and O–H groups in total. The molecule has 1 fully saturated rings. The van der Waals surface area contributed by atoms with Crippen LogP contribution in [0.2, 0.25) is 17.7 Å². The van der Waals surface area contributed by atoms with Crippen molar-refractivity contribution in [1.29, 1.82) is 0 Å². The van der Waals surface area contributed by atoms with Crippen molar-refractivity contribution in [2.24, 2.45) is 0 Å². The van der Waals surface area contributed by atoms with Crippen molar-refractivity contribution in [3.63, 3.8) is 0 Å². The molecule has 0 unspecified atom stereocenters. The minimum absolute atomic E-state index is 0.00249. The van der Waals surface area contributed by atoms with Gasteiger partial charge in [0.15, 0.2) is 0 Å². The van der Waals surface area contributed by atoms with Crippen LogP contribution in [0.3, 0.4) is 0 Å². The molecule has 0 atom stereocenters. The van der Waals surface area contributed by atoms with Gasteiger partial charge in [-0.25, -0.2) is 0 Å². The molecule has 26 heavy (non-hydrogen) atoms. The number of unbranched alkanes of at least 4 members (excludes halogenated alkanes) is 3. The van der Waals surface area contributed by atoms with Crippen LogP contribution in [0.25, 0.3) is 0 Å². The van der Waals surface area contributed by atoms with Gasteiger partial charge in [-0.05, 0) is 0 Å². The first kappa shape index (κ1) is 24.3. The minimum atomic E-state index is -2.01. The van der Waals surface area contributed by atoms with Crippen LogP contribution in [0.15, 0.2) is 12.3 Å². The Labute approximate surface area is 167 Å². The summed E-state index contributed by atoms with van der Waals surface area (Å²) in [6.07, 6.45) is 15.7. The summed E-state index contributed by atoms with van der Waals surface area (Å²) in [5, 5.41) is 0. The van der Waals surface area contributed by atoms with Crippen molar-refractivity contribution in [2.45, 2.75) is 103 Å². The average Bonchev–Trinajstić information content (AvgIpc) is 2.68. The maximum absolute atomic E-state index is 5.78. The van der Waals surface area contributed by atoms with Gasteiger partial charge in [0.1, 0.15) is 0 Å². The number of hydrogen-bond donors (Lipinski definition) is 0. The predicted molar refractivity (Wildman–Crippen MR) is 114 cm³/mol. The molecule has 3 nitrogen and oxygen atoms in total. The number of hydrogen-bond acceptors (Lipinski definition) is 3. The van der Waals surface area contributed by atoms with E-state index < -0.39 is 18.4 Å². The number of allylic oxidation sites excluding steroid dienone is 1. The van der Waals surface area contributed by atoms with Crippen LogP contribution in [-0.4, -0.2) is 44.5 Å². The van der Waals surface area contributed by atoms with Gasteiger partial charge < -0.3 is 0 Å². The molecule has 0 saturated carbocycles. The van der Waals surface area contributed by atoms with E-state index in [1.807, 2.05) is 6.26 Å². The van der Waals surface area contributed by atoms with Crippen LogP contribution in [-0.2, 0) is 14.2 Å². The fourth-order valence-electron chi connectivity index (χ4n) is 3.81. The van der Waals surface area contributed by atoms with E-state index in [-0.39, 0.29) is 6.29 Å². The third kappa shape index (κ3) is 11.2. The molecule has 154 valence electrons. The molecular formula is C22H44O3Sn. The van der Waals surface area contributed by atoms with E-state index in [0.29, 0.717) is 0 Å². The Bertz CT molecular complexity index is 319. The first-order valence-corrected chi connectivity index (χ1v) is 19.3. The van der Waals surface area contributed by atoms with Crippen LogP contribution in [0.4, 0.5) is 0 Å². The summed E-state index contributed by atoms with van der Waals surface area (Å²) >= 11 is -2.01. The van der Waals surface area contributed by atoms with Crippen molar-refractivity contribution in [3.8, 4) is 0 Å². The van der Waals surface area contributed by atoms with Gasteiger partial charge in [-0.1, -0.05) is 0 Å². The molecule has 1 aliphatic heterocycles. The van der Waals surface area contributed by atoms with E-state index in [2.05, 4.69) is 26.8 Å². The first-order valence-electron chi connectivity index (χ1n) is 11.3. The second-order valence-corrected chi connectivity index (χ2v) is 21.9. The summed E-state index contributed by atoms with van der Waals surface area (Å²) in [4.78, 5) is 0. The van der Waals surface area contributed by atoms with Gasteiger partial charge in [0.2, 0.25) is 0 Å². The third-order valence-electron chi connectivity index (χ3n) is 5.52. The zero-order valence-electron chi connectivity index (χ0n) is 17.8. The summed E-state index contributed by atoms with van der Waals surface area (Å²) in [5.74, 6) is 0. The Morgan fingerprint density at radius 2 is 1.46 bits per heavy atom. The quantitative estimate of drug-likeness (QED) is 0.138. The van der Waals surface area contributed by atoms with Gasteiger partial charge in [0.25, 0.3) is 0 Å². The van der Waals surface area contributed by atoms with Gasteiger partial charge in [0, 0.05) is 0 Å². The Hall–Kier alpha value is 0.259. The fraction of sp³-hybridized carbons (Fsp3) is 0.909. The molecule has 1 saturated heterocycles. The topological polar surface area (TPSA) is 27.7 Å². The Kier molecular flexibility index (Phi) is 15.2. The van der Waals surface area contributed by atoms with Crippen molar-refractivity contribution in [2.75, 3.05) is 19.8 Å². The van der Waals surface area contributed by atoms with Crippen molar-refractivity contribution >= 4 is 18.4 Å². The SMILES string of the molecule is CCC[CH2][Sn]([CH2]/C=C/OCCCC1OCCCO1)([CH2]CCC)[CH2]CCC. The zero-order chi connectivity index (χ0) is 18.9. The summed E-state index contributed by atoms with van der Waals surface area (Å²) in [7, 11) is 0. The van der Waals surface area contributed by atoms with Crippen LogP contribution in [0.5, 0.6) is 0 Å². The monoisotopic (exact) mass is 476 g/mol. The molecular weight excluding hydrogens is 431 g/mol. The molecule has 0 aromatic heterocycles. The van der Waals surface area contributed by atoms with Crippen LogP contribution in [0.1, 0.15) is 78.6 Å². The molecule has 0 aliphatic carbocycles. The van der Waals surface area contributed by atoms with Crippen LogP contribution >= 0.6 is 0 Å². The standard InChI is InChI=1S/C10H17O3.3C4H9.Sn/c1-2-6-11-7-3-5-10-12-8-4-9-13-10;3*1-3-4-2;/h2,6,10H,1,3-5,7-9H2;3*1,3-4H2,2H3;/b6-2+;;;;. The second-order valence-electron chi connectivity index (χ2n) is 7.92. The van der Waals surface area contributed by atoms with E-state index in [0.717, 1.165) is 39.1 Å². The zero-order valence-corrected chi connectivity index (χ0v) is 20.6. The normalized spacial score (nSPS) is 16.4. The van der Waals surface area contributed by atoms with Gasteiger partial charge in [-0.3, -0.25) is 0 Å². The van der Waals surface area contributed by atoms with E-state index >= 15 is 0 Å². The van der Waals surface area contributed by atoms with Gasteiger partial charge >= 0.3 is 167 Å². The Morgan fingerprint density at radius 3 is 2.00 bits per heavy atom. The summed E-state index contributed by atoms with van der Waals surface area (Å²) < 4.78 is 23.0. The molecule has 1 heterocycles. The van der Waals surface area contributed by atoms with Gasteiger partial charge in [0.05, 0.1) is 0 Å². The molecule has 0 aromatic rings. The molecule has 0 spiro atoms. The number of rotatable bonds is 16. The number of ether oxygens (including phenoxy) is 3. The van der Waals surface area contributed by atoms with Crippen molar-refractivity contribution in [1.82, 2.24) is 0 Å².